The summed E-state index contributed by atoms with van der Waals surface area (Å²) in [5, 5.41) is 11.6. The summed E-state index contributed by atoms with van der Waals surface area (Å²) < 4.78 is 17.6. The van der Waals surface area contributed by atoms with Crippen LogP contribution < -0.4 is 10.1 Å². The predicted octanol–water partition coefficient (Wildman–Crippen LogP) is 2.17. The van der Waals surface area contributed by atoms with Gasteiger partial charge in [0.05, 0.1) is 25.9 Å². The molecule has 4 heterocycles. The Labute approximate surface area is 152 Å². The second kappa shape index (κ2) is 6.54. The van der Waals surface area contributed by atoms with E-state index in [0.717, 1.165) is 22.4 Å². The van der Waals surface area contributed by atoms with Gasteiger partial charge < -0.3 is 19.3 Å². The Hall–Kier alpha value is -2.72. The van der Waals surface area contributed by atoms with Gasteiger partial charge >= 0.3 is 0 Å². The summed E-state index contributed by atoms with van der Waals surface area (Å²) in [5.41, 5.74) is 2.20. The van der Waals surface area contributed by atoms with Crippen molar-refractivity contribution in [3.8, 4) is 17.3 Å². The summed E-state index contributed by atoms with van der Waals surface area (Å²) in [6.45, 7) is 2.88. The molecule has 0 atom stereocenters. The largest absolute Gasteiger partial charge is 0.479 e. The first-order chi connectivity index (χ1) is 12.6. The zero-order valence-electron chi connectivity index (χ0n) is 14.5. The summed E-state index contributed by atoms with van der Waals surface area (Å²) in [5.74, 6) is 0.894. The average molecular weight is 375 g/mol. The average Bonchev–Trinajstić information content (AvgIpc) is 3.30. The van der Waals surface area contributed by atoms with Crippen LogP contribution in [0, 0.1) is 6.92 Å². The van der Waals surface area contributed by atoms with Crippen LogP contribution in [0.3, 0.4) is 0 Å². The highest BCUT2D eigenvalue weighted by atomic mass is 32.1. The number of amides is 1. The van der Waals surface area contributed by atoms with Crippen molar-refractivity contribution in [3.63, 3.8) is 0 Å². The van der Waals surface area contributed by atoms with E-state index >= 15 is 0 Å². The number of hydrogen-bond acceptors (Lipinski definition) is 8. The number of aromatic nitrogens is 4. The van der Waals surface area contributed by atoms with Crippen LogP contribution in [0.2, 0.25) is 0 Å². The van der Waals surface area contributed by atoms with Crippen LogP contribution in [0.1, 0.15) is 26.6 Å². The van der Waals surface area contributed by atoms with Gasteiger partial charge in [0.1, 0.15) is 10.6 Å². The SMILES string of the molecule is COc1nn(C)cc1C(=O)Nc1sc2c(c1-c1nc(C)no1)CCOC2. The van der Waals surface area contributed by atoms with E-state index < -0.39 is 0 Å². The van der Waals surface area contributed by atoms with Gasteiger partial charge in [0, 0.05) is 18.1 Å². The number of ether oxygens (including phenoxy) is 2. The molecule has 1 N–H and O–H groups in total. The lowest BCUT2D eigenvalue weighted by Gasteiger charge is -2.12. The summed E-state index contributed by atoms with van der Waals surface area (Å²) in [6, 6.07) is 0. The number of aryl methyl sites for hydroxylation is 2. The van der Waals surface area contributed by atoms with Crippen molar-refractivity contribution >= 4 is 22.2 Å². The van der Waals surface area contributed by atoms with Crippen LogP contribution >= 0.6 is 11.3 Å². The summed E-state index contributed by atoms with van der Waals surface area (Å²) in [4.78, 5) is 18.2. The van der Waals surface area contributed by atoms with E-state index in [0.29, 0.717) is 35.5 Å². The van der Waals surface area contributed by atoms with E-state index in [1.807, 2.05) is 0 Å². The number of rotatable bonds is 4. The van der Waals surface area contributed by atoms with Gasteiger partial charge in [-0.1, -0.05) is 5.16 Å². The number of nitrogens with one attached hydrogen (secondary N) is 1. The molecule has 0 bridgehead atoms. The standard InChI is InChI=1S/C16H17N5O4S/c1-8-17-15(25-20-8)12-9-4-5-24-7-11(9)26-16(12)18-13(22)10-6-21(2)19-14(10)23-3/h6H,4-5,7H2,1-3H3,(H,18,22). The maximum Gasteiger partial charge on any atom is 0.263 e. The molecule has 1 aliphatic heterocycles. The van der Waals surface area contributed by atoms with Gasteiger partial charge in [0.2, 0.25) is 5.88 Å². The van der Waals surface area contributed by atoms with Crippen molar-refractivity contribution in [2.45, 2.75) is 20.0 Å². The Morgan fingerprint density at radius 3 is 3.04 bits per heavy atom. The third kappa shape index (κ3) is 2.86. The van der Waals surface area contributed by atoms with E-state index in [4.69, 9.17) is 14.0 Å². The molecule has 4 rings (SSSR count). The van der Waals surface area contributed by atoms with E-state index in [1.165, 1.54) is 23.1 Å². The van der Waals surface area contributed by atoms with Crippen LogP contribution in [0.4, 0.5) is 5.00 Å². The first-order valence-electron chi connectivity index (χ1n) is 7.98. The molecule has 0 radical (unpaired) electrons. The number of fused-ring (bicyclic) bond motifs is 1. The molecule has 0 unspecified atom stereocenters. The lowest BCUT2D eigenvalue weighted by molar-refractivity contribution is 0.102. The number of carbonyl (C=O) groups excluding carboxylic acids is 1. The first-order valence-corrected chi connectivity index (χ1v) is 8.80. The smallest absolute Gasteiger partial charge is 0.263 e. The maximum atomic E-state index is 12.8. The van der Waals surface area contributed by atoms with Gasteiger partial charge in [-0.2, -0.15) is 4.98 Å². The van der Waals surface area contributed by atoms with Gasteiger partial charge in [-0.05, 0) is 18.9 Å². The summed E-state index contributed by atoms with van der Waals surface area (Å²) in [7, 11) is 3.21. The molecule has 26 heavy (non-hydrogen) atoms. The molecule has 1 amide bonds. The second-order valence-corrected chi connectivity index (χ2v) is 6.94. The van der Waals surface area contributed by atoms with Gasteiger partial charge in [0.25, 0.3) is 11.8 Å². The molecule has 3 aromatic heterocycles. The number of thiophene rings is 1. The van der Waals surface area contributed by atoms with Crippen LogP contribution in [-0.4, -0.2) is 39.5 Å². The minimum Gasteiger partial charge on any atom is -0.479 e. The lowest BCUT2D eigenvalue weighted by atomic mass is 10.1. The molecule has 136 valence electrons. The fourth-order valence-corrected chi connectivity index (χ4v) is 4.06. The Bertz CT molecular complexity index is 974. The molecule has 0 saturated carbocycles. The quantitative estimate of drug-likeness (QED) is 0.745. The van der Waals surface area contributed by atoms with E-state index in [2.05, 4.69) is 20.6 Å². The minimum absolute atomic E-state index is 0.268. The Morgan fingerprint density at radius 1 is 1.46 bits per heavy atom. The molecule has 0 spiro atoms. The molecule has 0 saturated heterocycles. The summed E-state index contributed by atoms with van der Waals surface area (Å²) >= 11 is 1.46. The predicted molar refractivity (Wildman–Crippen MR) is 93.4 cm³/mol. The molecule has 0 aliphatic carbocycles. The van der Waals surface area contributed by atoms with E-state index in [-0.39, 0.29) is 11.8 Å². The number of carbonyl (C=O) groups is 1. The molecule has 9 nitrogen and oxygen atoms in total. The van der Waals surface area contributed by atoms with Gasteiger partial charge in [0.15, 0.2) is 5.82 Å². The fraction of sp³-hybridized carbons (Fsp3) is 0.375. The molecule has 3 aromatic rings. The molecular weight excluding hydrogens is 358 g/mol. The van der Waals surface area contributed by atoms with Crippen molar-refractivity contribution in [2.24, 2.45) is 7.05 Å². The van der Waals surface area contributed by atoms with E-state index in [9.17, 15) is 4.79 Å². The zero-order chi connectivity index (χ0) is 18.3. The zero-order valence-corrected chi connectivity index (χ0v) is 15.3. The van der Waals surface area contributed by atoms with Crippen molar-refractivity contribution in [1.82, 2.24) is 19.9 Å². The van der Waals surface area contributed by atoms with Gasteiger partial charge in [-0.25, -0.2) is 0 Å². The van der Waals surface area contributed by atoms with Crippen LogP contribution in [0.15, 0.2) is 10.7 Å². The second-order valence-electron chi connectivity index (χ2n) is 5.84. The highest BCUT2D eigenvalue weighted by molar-refractivity contribution is 7.17. The maximum absolute atomic E-state index is 12.8. The van der Waals surface area contributed by atoms with Crippen molar-refractivity contribution < 1.29 is 18.8 Å². The van der Waals surface area contributed by atoms with E-state index in [1.54, 1.807) is 20.2 Å². The molecule has 1 aliphatic rings. The molecule has 0 aromatic carbocycles. The normalized spacial score (nSPS) is 13.5. The number of hydrogen-bond donors (Lipinski definition) is 1. The minimum atomic E-state index is -0.313. The van der Waals surface area contributed by atoms with Gasteiger partial charge in [-0.15, -0.1) is 16.4 Å². The highest BCUT2D eigenvalue weighted by Gasteiger charge is 2.28. The van der Waals surface area contributed by atoms with Crippen molar-refractivity contribution in [2.75, 3.05) is 19.0 Å². The molecular formula is C16H17N5O4S. The Morgan fingerprint density at radius 2 is 2.31 bits per heavy atom. The highest BCUT2D eigenvalue weighted by Crippen LogP contribution is 2.42. The third-order valence-electron chi connectivity index (χ3n) is 4.02. The van der Waals surface area contributed by atoms with Gasteiger partial charge in [-0.3, -0.25) is 9.48 Å². The lowest BCUT2D eigenvalue weighted by Crippen LogP contribution is -2.12. The Balaban J connectivity index is 1.74. The van der Waals surface area contributed by atoms with Crippen LogP contribution in [-0.2, 0) is 24.8 Å². The number of anilines is 1. The number of methoxy groups -OCH3 is 1. The first kappa shape index (κ1) is 16.7. The molecule has 10 heteroatoms. The monoisotopic (exact) mass is 375 g/mol. The van der Waals surface area contributed by atoms with Crippen LogP contribution in [0.25, 0.3) is 11.5 Å². The fourth-order valence-electron chi connectivity index (χ4n) is 2.89. The topological polar surface area (TPSA) is 104 Å². The molecule has 0 fully saturated rings. The van der Waals surface area contributed by atoms with Crippen molar-refractivity contribution in [1.29, 1.82) is 0 Å². The Kier molecular flexibility index (Phi) is 4.21. The van der Waals surface area contributed by atoms with Crippen LogP contribution in [0.5, 0.6) is 5.88 Å². The third-order valence-corrected chi connectivity index (χ3v) is 5.14. The summed E-state index contributed by atoms with van der Waals surface area (Å²) in [6.07, 6.45) is 2.34. The van der Waals surface area contributed by atoms with Crippen molar-refractivity contribution in [3.05, 3.63) is 28.0 Å². The number of nitrogens with zero attached hydrogens (tertiary/aromatic N) is 4.